The Morgan fingerprint density at radius 2 is 1.92 bits per heavy atom. The van der Waals surface area contributed by atoms with Crippen LogP contribution in [-0.4, -0.2) is 51.9 Å². The van der Waals surface area contributed by atoms with Crippen molar-refractivity contribution in [2.75, 3.05) is 5.32 Å². The minimum Gasteiger partial charge on any atom is -0.447 e. The van der Waals surface area contributed by atoms with Crippen molar-refractivity contribution in [3.05, 3.63) is 35.6 Å². The van der Waals surface area contributed by atoms with Crippen LogP contribution in [0, 0.1) is 0 Å². The fourth-order valence-electron chi connectivity index (χ4n) is 4.65. The summed E-state index contributed by atoms with van der Waals surface area (Å²) in [5.74, 6) is 0.840. The van der Waals surface area contributed by atoms with Gasteiger partial charge < -0.3 is 15.4 Å². The van der Waals surface area contributed by atoms with Gasteiger partial charge in [-0.15, -0.1) is 16.4 Å². The number of sulfone groups is 1. The molecule has 0 atom stereocenters. The van der Waals surface area contributed by atoms with Crippen LogP contribution >= 0.6 is 11.3 Å². The SMILES string of the molecule is CC(C)OC(=O)NC1CCC(c2ncc(-c3ccc(Nc4cn(C)nn4)cc3S(=O)(=O)C3CC3)s2)CC1. The van der Waals surface area contributed by atoms with Crippen LogP contribution in [0.2, 0.25) is 0 Å². The summed E-state index contributed by atoms with van der Waals surface area (Å²) in [5, 5.41) is 14.7. The number of rotatable bonds is 8. The van der Waals surface area contributed by atoms with E-state index in [9.17, 15) is 13.2 Å². The molecule has 10 nitrogen and oxygen atoms in total. The normalized spacial score (nSPS) is 20.1. The first-order chi connectivity index (χ1) is 17.7. The molecule has 1 amide bonds. The molecule has 0 bridgehead atoms. The molecule has 0 saturated heterocycles. The van der Waals surface area contributed by atoms with E-state index in [2.05, 4.69) is 20.9 Å². The van der Waals surface area contributed by atoms with Crippen molar-refractivity contribution in [1.29, 1.82) is 0 Å². The predicted molar refractivity (Wildman–Crippen MR) is 142 cm³/mol. The second-order valence-electron chi connectivity index (χ2n) is 10.1. The van der Waals surface area contributed by atoms with Crippen LogP contribution in [-0.2, 0) is 21.6 Å². The number of benzene rings is 1. The highest BCUT2D eigenvalue weighted by molar-refractivity contribution is 7.92. The molecule has 2 N–H and O–H groups in total. The van der Waals surface area contributed by atoms with Crippen molar-refractivity contribution >= 4 is 38.8 Å². The van der Waals surface area contributed by atoms with E-state index in [-0.39, 0.29) is 23.5 Å². The zero-order chi connectivity index (χ0) is 26.2. The molecule has 5 rings (SSSR count). The quantitative estimate of drug-likeness (QED) is 0.415. The zero-order valence-electron chi connectivity index (χ0n) is 21.2. The third-order valence-electron chi connectivity index (χ3n) is 6.66. The monoisotopic (exact) mass is 544 g/mol. The lowest BCUT2D eigenvalue weighted by Gasteiger charge is -2.28. The van der Waals surface area contributed by atoms with Gasteiger partial charge in [0.1, 0.15) is 0 Å². The van der Waals surface area contributed by atoms with E-state index in [0.29, 0.717) is 40.7 Å². The van der Waals surface area contributed by atoms with E-state index >= 15 is 0 Å². The van der Waals surface area contributed by atoms with Gasteiger partial charge in [-0.1, -0.05) is 11.3 Å². The summed E-state index contributed by atoms with van der Waals surface area (Å²) >= 11 is 1.56. The number of hydrogen-bond donors (Lipinski definition) is 2. The number of nitrogens with zero attached hydrogens (tertiary/aromatic N) is 4. The number of carbonyl (C=O) groups excluding carboxylic acids is 1. The first-order valence-electron chi connectivity index (χ1n) is 12.6. The maximum Gasteiger partial charge on any atom is 0.407 e. The summed E-state index contributed by atoms with van der Waals surface area (Å²) in [5.41, 5.74) is 1.34. The number of thiazole rings is 1. The van der Waals surface area contributed by atoms with Crippen molar-refractivity contribution in [1.82, 2.24) is 25.3 Å². The maximum atomic E-state index is 13.4. The van der Waals surface area contributed by atoms with Gasteiger partial charge in [-0.25, -0.2) is 18.2 Å². The Morgan fingerprint density at radius 3 is 2.57 bits per heavy atom. The molecule has 2 fully saturated rings. The summed E-state index contributed by atoms with van der Waals surface area (Å²) in [7, 11) is -1.68. The molecule has 12 heteroatoms. The van der Waals surface area contributed by atoms with E-state index in [1.165, 1.54) is 0 Å². The molecule has 0 aliphatic heterocycles. The number of amides is 1. The van der Waals surface area contributed by atoms with Crippen LogP contribution < -0.4 is 10.6 Å². The molecule has 2 saturated carbocycles. The number of aromatic nitrogens is 4. The fourth-order valence-corrected chi connectivity index (χ4v) is 7.73. The summed E-state index contributed by atoms with van der Waals surface area (Å²) in [6.45, 7) is 3.67. The molecular weight excluding hydrogens is 512 g/mol. The van der Waals surface area contributed by atoms with Crippen LogP contribution in [0.25, 0.3) is 10.4 Å². The van der Waals surface area contributed by atoms with Crippen LogP contribution in [0.1, 0.15) is 63.3 Å². The van der Waals surface area contributed by atoms with Gasteiger partial charge in [-0.3, -0.25) is 4.68 Å². The van der Waals surface area contributed by atoms with Crippen molar-refractivity contribution in [2.24, 2.45) is 7.05 Å². The lowest BCUT2D eigenvalue weighted by molar-refractivity contribution is 0.109. The molecule has 0 spiro atoms. The third-order valence-corrected chi connectivity index (χ3v) is 10.1. The summed E-state index contributed by atoms with van der Waals surface area (Å²) in [6.07, 6.45) is 7.94. The van der Waals surface area contributed by atoms with E-state index in [1.807, 2.05) is 26.0 Å². The Balaban J connectivity index is 1.33. The van der Waals surface area contributed by atoms with E-state index in [0.717, 1.165) is 35.6 Å². The smallest absolute Gasteiger partial charge is 0.407 e. The molecule has 1 aromatic carbocycles. The zero-order valence-corrected chi connectivity index (χ0v) is 22.8. The first kappa shape index (κ1) is 25.7. The van der Waals surface area contributed by atoms with Crippen molar-refractivity contribution in [3.63, 3.8) is 0 Å². The highest BCUT2D eigenvalue weighted by Gasteiger charge is 2.39. The standard InChI is InChI=1S/C25H32N6O4S2/c1-15(2)35-25(32)28-17-6-4-16(5-7-17)24-26-13-21(36-24)20-11-8-18(27-23-14-31(3)30-29-23)12-22(20)37(33,34)19-9-10-19/h8,11-17,19,27H,4-7,9-10H2,1-3H3,(H,28,32). The van der Waals surface area contributed by atoms with E-state index in [1.54, 1.807) is 41.5 Å². The van der Waals surface area contributed by atoms with Gasteiger partial charge in [0.25, 0.3) is 0 Å². The van der Waals surface area contributed by atoms with Gasteiger partial charge in [0, 0.05) is 36.5 Å². The molecule has 3 aromatic rings. The largest absolute Gasteiger partial charge is 0.447 e. The van der Waals surface area contributed by atoms with Crippen LogP contribution in [0.5, 0.6) is 0 Å². The minimum atomic E-state index is -3.45. The topological polar surface area (TPSA) is 128 Å². The lowest BCUT2D eigenvalue weighted by atomic mass is 9.86. The van der Waals surface area contributed by atoms with Crippen LogP contribution in [0.3, 0.4) is 0 Å². The molecule has 2 aliphatic rings. The van der Waals surface area contributed by atoms with Crippen LogP contribution in [0.4, 0.5) is 16.3 Å². The molecule has 0 unspecified atom stereocenters. The summed E-state index contributed by atoms with van der Waals surface area (Å²) < 4.78 is 33.5. The summed E-state index contributed by atoms with van der Waals surface area (Å²) in [4.78, 5) is 17.8. The number of aryl methyl sites for hydroxylation is 1. The van der Waals surface area contributed by atoms with Crippen molar-refractivity contribution < 1.29 is 17.9 Å². The van der Waals surface area contributed by atoms with Gasteiger partial charge in [0.15, 0.2) is 15.7 Å². The first-order valence-corrected chi connectivity index (χ1v) is 15.0. The fraction of sp³-hybridized carbons (Fsp3) is 0.520. The number of hydrogen-bond acceptors (Lipinski definition) is 9. The maximum absolute atomic E-state index is 13.4. The number of alkyl carbamates (subject to hydrolysis) is 1. The Morgan fingerprint density at radius 1 is 1.16 bits per heavy atom. The molecule has 2 aliphatic carbocycles. The third kappa shape index (κ3) is 5.96. The number of anilines is 2. The highest BCUT2D eigenvalue weighted by Crippen LogP contribution is 2.43. The van der Waals surface area contributed by atoms with Crippen LogP contribution in [0.15, 0.2) is 35.5 Å². The average Bonchev–Trinajstić information content (AvgIpc) is 3.48. The Kier molecular flexibility index (Phi) is 7.21. The van der Waals surface area contributed by atoms with E-state index in [4.69, 9.17) is 9.72 Å². The van der Waals surface area contributed by atoms with Crippen molar-refractivity contribution in [3.8, 4) is 10.4 Å². The van der Waals surface area contributed by atoms with Gasteiger partial charge in [-0.05, 0) is 64.5 Å². The molecule has 2 heterocycles. The van der Waals surface area contributed by atoms with Gasteiger partial charge in [-0.2, -0.15) is 0 Å². The second kappa shape index (κ2) is 10.4. The summed E-state index contributed by atoms with van der Waals surface area (Å²) in [6, 6.07) is 5.52. The molecule has 198 valence electrons. The Labute approximate surface area is 220 Å². The number of nitrogens with one attached hydrogen (secondary N) is 2. The highest BCUT2D eigenvalue weighted by atomic mass is 32.2. The average molecular weight is 545 g/mol. The molecule has 37 heavy (non-hydrogen) atoms. The lowest BCUT2D eigenvalue weighted by Crippen LogP contribution is -2.38. The van der Waals surface area contributed by atoms with Crippen molar-refractivity contribution in [2.45, 2.75) is 80.6 Å². The van der Waals surface area contributed by atoms with Gasteiger partial charge >= 0.3 is 6.09 Å². The minimum absolute atomic E-state index is 0.103. The Hall–Kier alpha value is -2.99. The molecule has 2 aromatic heterocycles. The molecule has 0 radical (unpaired) electrons. The van der Waals surface area contributed by atoms with Gasteiger partial charge in [0.2, 0.25) is 0 Å². The molecular formula is C25H32N6O4S2. The predicted octanol–water partition coefficient (Wildman–Crippen LogP) is 4.78. The number of ether oxygens (including phenoxy) is 1. The second-order valence-corrected chi connectivity index (χ2v) is 13.3. The van der Waals surface area contributed by atoms with E-state index < -0.39 is 9.84 Å². The number of carbonyl (C=O) groups is 1. The van der Waals surface area contributed by atoms with Gasteiger partial charge in [0.05, 0.1) is 32.3 Å². The Bertz CT molecular complexity index is 1370.